The third-order valence-corrected chi connectivity index (χ3v) is 6.11. The van der Waals surface area contributed by atoms with Gasteiger partial charge in [-0.25, -0.2) is 4.31 Å². The Morgan fingerprint density at radius 1 is 1.03 bits per heavy atom. The van der Waals surface area contributed by atoms with Gasteiger partial charge in [-0.3, -0.25) is 4.79 Å². The normalized spacial score (nSPS) is 11.5. The van der Waals surface area contributed by atoms with Crippen LogP contribution in [0.2, 0.25) is 0 Å². The first-order valence-electron chi connectivity index (χ1n) is 9.47. The number of carbonyl (C=O) groups is 1. The third kappa shape index (κ3) is 6.20. The molecule has 2 aromatic rings. The van der Waals surface area contributed by atoms with Crippen LogP contribution in [0.15, 0.2) is 54.6 Å². The Morgan fingerprint density at radius 3 is 2.28 bits per heavy atom. The molecule has 7 nitrogen and oxygen atoms in total. The molecule has 0 spiro atoms. The molecule has 29 heavy (non-hydrogen) atoms. The number of anilines is 1. The van der Waals surface area contributed by atoms with Gasteiger partial charge >= 0.3 is 10.2 Å². The second-order valence-electron chi connectivity index (χ2n) is 7.02. The lowest BCUT2D eigenvalue weighted by Crippen LogP contribution is -2.46. The van der Waals surface area contributed by atoms with Crippen molar-refractivity contribution in [1.82, 2.24) is 9.62 Å². The van der Waals surface area contributed by atoms with Gasteiger partial charge in [0.15, 0.2) is 0 Å². The Hall–Kier alpha value is -2.58. The molecule has 158 valence electrons. The molecule has 0 aliphatic rings. The molecule has 0 atom stereocenters. The largest absolute Gasteiger partial charge is 0.491 e. The van der Waals surface area contributed by atoms with Crippen molar-refractivity contribution >= 4 is 21.8 Å². The molecule has 0 aliphatic heterocycles. The minimum atomic E-state index is -3.80. The summed E-state index contributed by atoms with van der Waals surface area (Å²) in [6.45, 7) is 4.44. The SMILES string of the molecule is CC(C)c1ccccc1OCCNC(=O)CN(c1ccccc1)S(=O)(=O)N(C)C. The minimum Gasteiger partial charge on any atom is -0.491 e. The van der Waals surface area contributed by atoms with Gasteiger partial charge in [0.1, 0.15) is 18.9 Å². The van der Waals surface area contributed by atoms with Gasteiger partial charge in [-0.05, 0) is 29.7 Å². The lowest BCUT2D eigenvalue weighted by molar-refractivity contribution is -0.119. The molecule has 0 aromatic heterocycles. The second-order valence-corrected chi connectivity index (χ2v) is 9.09. The summed E-state index contributed by atoms with van der Waals surface area (Å²) in [7, 11) is -0.934. The summed E-state index contributed by atoms with van der Waals surface area (Å²) in [4.78, 5) is 12.4. The number of nitrogens with zero attached hydrogens (tertiary/aromatic N) is 2. The van der Waals surface area contributed by atoms with Crippen molar-refractivity contribution in [3.63, 3.8) is 0 Å². The van der Waals surface area contributed by atoms with Gasteiger partial charge in [0.2, 0.25) is 5.91 Å². The number of rotatable bonds is 10. The first-order valence-corrected chi connectivity index (χ1v) is 10.9. The molecule has 0 unspecified atom stereocenters. The van der Waals surface area contributed by atoms with E-state index in [1.165, 1.54) is 14.1 Å². The van der Waals surface area contributed by atoms with E-state index in [0.717, 1.165) is 19.9 Å². The summed E-state index contributed by atoms with van der Waals surface area (Å²) in [5.41, 5.74) is 1.53. The van der Waals surface area contributed by atoms with E-state index in [0.29, 0.717) is 18.2 Å². The Morgan fingerprint density at radius 2 is 1.66 bits per heavy atom. The number of ether oxygens (including phenoxy) is 1. The van der Waals surface area contributed by atoms with Crippen LogP contribution >= 0.6 is 0 Å². The fourth-order valence-electron chi connectivity index (χ4n) is 2.72. The number of para-hydroxylation sites is 2. The number of amides is 1. The van der Waals surface area contributed by atoms with Crippen LogP contribution in [0.4, 0.5) is 5.69 Å². The first-order chi connectivity index (χ1) is 13.7. The smallest absolute Gasteiger partial charge is 0.304 e. The Bertz CT molecular complexity index is 899. The zero-order valence-electron chi connectivity index (χ0n) is 17.3. The van der Waals surface area contributed by atoms with Gasteiger partial charge in [0.25, 0.3) is 0 Å². The van der Waals surface area contributed by atoms with Gasteiger partial charge in [0.05, 0.1) is 12.2 Å². The molecular weight excluding hydrogens is 390 g/mol. The molecule has 0 bridgehead atoms. The van der Waals surface area contributed by atoms with Gasteiger partial charge in [-0.1, -0.05) is 50.2 Å². The molecule has 0 saturated carbocycles. The fraction of sp³-hybridized carbons (Fsp3) is 0.381. The summed E-state index contributed by atoms with van der Waals surface area (Å²) in [5, 5.41) is 2.72. The van der Waals surface area contributed by atoms with E-state index in [1.807, 2.05) is 24.3 Å². The maximum Gasteiger partial charge on any atom is 0.304 e. The standard InChI is InChI=1S/C21H29N3O4S/c1-17(2)19-12-8-9-13-20(19)28-15-14-22-21(25)16-24(29(26,27)23(3)4)18-10-6-5-7-11-18/h5-13,17H,14-16H2,1-4H3,(H,22,25). The van der Waals surface area contributed by atoms with Crippen LogP contribution in [0.5, 0.6) is 5.75 Å². The van der Waals surface area contributed by atoms with Crippen LogP contribution in [-0.4, -0.2) is 52.4 Å². The lowest BCUT2D eigenvalue weighted by Gasteiger charge is -2.26. The van der Waals surface area contributed by atoms with Crippen molar-refractivity contribution in [1.29, 1.82) is 0 Å². The molecule has 2 rings (SSSR count). The quantitative estimate of drug-likeness (QED) is 0.601. The molecule has 0 saturated heterocycles. The highest BCUT2D eigenvalue weighted by molar-refractivity contribution is 7.90. The summed E-state index contributed by atoms with van der Waals surface area (Å²) in [5.74, 6) is 0.717. The second kappa shape index (κ2) is 10.3. The average Bonchev–Trinajstić information content (AvgIpc) is 2.70. The predicted molar refractivity (Wildman–Crippen MR) is 115 cm³/mol. The number of benzene rings is 2. The molecule has 0 radical (unpaired) electrons. The minimum absolute atomic E-state index is 0.274. The highest BCUT2D eigenvalue weighted by atomic mass is 32.2. The van der Waals surface area contributed by atoms with Crippen molar-refractivity contribution < 1.29 is 17.9 Å². The highest BCUT2D eigenvalue weighted by Crippen LogP contribution is 2.25. The van der Waals surface area contributed by atoms with Crippen molar-refractivity contribution in [3.8, 4) is 5.75 Å². The molecule has 1 amide bonds. The van der Waals surface area contributed by atoms with E-state index >= 15 is 0 Å². The van der Waals surface area contributed by atoms with Crippen LogP contribution in [-0.2, 0) is 15.0 Å². The molecule has 8 heteroatoms. The summed E-state index contributed by atoms with van der Waals surface area (Å²) in [6.07, 6.45) is 0. The molecule has 0 heterocycles. The zero-order valence-corrected chi connectivity index (χ0v) is 18.1. The topological polar surface area (TPSA) is 79.0 Å². The van der Waals surface area contributed by atoms with E-state index in [4.69, 9.17) is 4.74 Å². The van der Waals surface area contributed by atoms with E-state index in [9.17, 15) is 13.2 Å². The Labute approximate surface area is 173 Å². The Kier molecular flexibility index (Phi) is 8.04. The van der Waals surface area contributed by atoms with Crippen LogP contribution in [0.1, 0.15) is 25.3 Å². The van der Waals surface area contributed by atoms with E-state index in [-0.39, 0.29) is 13.1 Å². The average molecular weight is 420 g/mol. The summed E-state index contributed by atoms with van der Waals surface area (Å²) in [6, 6.07) is 16.3. The van der Waals surface area contributed by atoms with Crippen LogP contribution in [0.3, 0.4) is 0 Å². The zero-order chi connectivity index (χ0) is 21.4. The van der Waals surface area contributed by atoms with Gasteiger partial charge in [0, 0.05) is 14.1 Å². The third-order valence-electron chi connectivity index (χ3n) is 4.29. The first kappa shape index (κ1) is 22.7. The number of carbonyl (C=O) groups excluding carboxylic acids is 1. The van der Waals surface area contributed by atoms with Crippen molar-refractivity contribution in [2.75, 3.05) is 38.1 Å². The number of nitrogens with one attached hydrogen (secondary N) is 1. The van der Waals surface area contributed by atoms with Crippen LogP contribution in [0, 0.1) is 0 Å². The van der Waals surface area contributed by atoms with Gasteiger partial charge in [-0.15, -0.1) is 0 Å². The highest BCUT2D eigenvalue weighted by Gasteiger charge is 2.27. The predicted octanol–water partition coefficient (Wildman–Crippen LogP) is 2.62. The maximum absolute atomic E-state index is 12.6. The number of hydrogen-bond donors (Lipinski definition) is 1. The number of hydrogen-bond acceptors (Lipinski definition) is 4. The van der Waals surface area contributed by atoms with E-state index in [1.54, 1.807) is 30.3 Å². The molecule has 0 fully saturated rings. The maximum atomic E-state index is 12.6. The molecular formula is C21H29N3O4S. The molecule has 0 aliphatic carbocycles. The molecule has 2 aromatic carbocycles. The summed E-state index contributed by atoms with van der Waals surface area (Å²) >= 11 is 0. The van der Waals surface area contributed by atoms with Crippen molar-refractivity contribution in [3.05, 3.63) is 60.2 Å². The van der Waals surface area contributed by atoms with Crippen LogP contribution in [0.25, 0.3) is 0 Å². The van der Waals surface area contributed by atoms with Gasteiger partial charge < -0.3 is 10.1 Å². The van der Waals surface area contributed by atoms with E-state index in [2.05, 4.69) is 19.2 Å². The lowest BCUT2D eigenvalue weighted by atomic mass is 10.0. The van der Waals surface area contributed by atoms with Crippen molar-refractivity contribution in [2.45, 2.75) is 19.8 Å². The fourth-order valence-corrected chi connectivity index (χ4v) is 3.79. The van der Waals surface area contributed by atoms with Crippen LogP contribution < -0.4 is 14.4 Å². The van der Waals surface area contributed by atoms with E-state index < -0.39 is 16.1 Å². The van der Waals surface area contributed by atoms with Gasteiger partial charge in [-0.2, -0.15) is 12.7 Å². The summed E-state index contributed by atoms with van der Waals surface area (Å²) < 4.78 is 33.2. The van der Waals surface area contributed by atoms with Crippen molar-refractivity contribution in [2.24, 2.45) is 0 Å². The monoisotopic (exact) mass is 419 g/mol. The Balaban J connectivity index is 1.96. The molecule has 1 N–H and O–H groups in total.